The van der Waals surface area contributed by atoms with E-state index in [1.54, 1.807) is 18.4 Å². The SMILES string of the molecule is Cc1occc1-c1cc(NC(=O)NC2CCOC(C3CC3)C2)no1. The van der Waals surface area contributed by atoms with E-state index in [4.69, 9.17) is 13.7 Å². The molecule has 2 fully saturated rings. The van der Waals surface area contributed by atoms with E-state index in [2.05, 4.69) is 15.8 Å². The topological polar surface area (TPSA) is 89.5 Å². The van der Waals surface area contributed by atoms with Gasteiger partial charge in [-0.2, -0.15) is 0 Å². The smallest absolute Gasteiger partial charge is 0.320 e. The lowest BCUT2D eigenvalue weighted by Crippen LogP contribution is -2.44. The fraction of sp³-hybridized carbons (Fsp3) is 0.529. The van der Waals surface area contributed by atoms with Crippen molar-refractivity contribution in [2.75, 3.05) is 11.9 Å². The van der Waals surface area contributed by atoms with Gasteiger partial charge in [-0.25, -0.2) is 4.79 Å². The highest BCUT2D eigenvalue weighted by Crippen LogP contribution is 2.38. The molecule has 0 spiro atoms. The normalized spacial score (nSPS) is 23.9. The third kappa shape index (κ3) is 3.31. The van der Waals surface area contributed by atoms with Gasteiger partial charge in [-0.05, 0) is 44.6 Å². The number of carbonyl (C=O) groups excluding carboxylic acids is 1. The van der Waals surface area contributed by atoms with Gasteiger partial charge in [-0.1, -0.05) is 5.16 Å². The summed E-state index contributed by atoms with van der Waals surface area (Å²) in [5.74, 6) is 2.38. The Morgan fingerprint density at radius 1 is 1.33 bits per heavy atom. The number of ether oxygens (including phenoxy) is 1. The molecule has 0 aromatic carbocycles. The standard InChI is InChI=1S/C17H21N3O4/c1-10-13(5-7-22-10)15-9-16(20-24-15)19-17(21)18-12-4-6-23-14(8-12)11-2-3-11/h5,7,9,11-12,14H,2-4,6,8H2,1H3,(H2,18,19,20,21). The van der Waals surface area contributed by atoms with Gasteiger partial charge in [0.25, 0.3) is 0 Å². The minimum atomic E-state index is -0.264. The molecule has 1 aliphatic carbocycles. The van der Waals surface area contributed by atoms with Crippen LogP contribution in [0, 0.1) is 12.8 Å². The first-order valence-corrected chi connectivity index (χ1v) is 8.39. The summed E-state index contributed by atoms with van der Waals surface area (Å²) in [4.78, 5) is 12.2. The van der Waals surface area contributed by atoms with Crippen LogP contribution in [0.25, 0.3) is 11.3 Å². The molecule has 0 radical (unpaired) electrons. The Hall–Kier alpha value is -2.28. The molecule has 2 unspecified atom stereocenters. The molecule has 4 rings (SSSR count). The van der Waals surface area contributed by atoms with Gasteiger partial charge in [0.1, 0.15) is 5.76 Å². The van der Waals surface area contributed by atoms with Gasteiger partial charge >= 0.3 is 6.03 Å². The summed E-state index contributed by atoms with van der Waals surface area (Å²) in [6, 6.07) is 3.38. The summed E-state index contributed by atoms with van der Waals surface area (Å²) in [7, 11) is 0. The van der Waals surface area contributed by atoms with E-state index >= 15 is 0 Å². The number of hydrogen-bond donors (Lipinski definition) is 2. The molecule has 0 bridgehead atoms. The minimum Gasteiger partial charge on any atom is -0.469 e. The number of rotatable bonds is 4. The first-order valence-electron chi connectivity index (χ1n) is 8.39. The third-order valence-electron chi connectivity index (χ3n) is 4.67. The van der Waals surface area contributed by atoms with Crippen LogP contribution in [-0.4, -0.2) is 29.9 Å². The zero-order valence-corrected chi connectivity index (χ0v) is 13.6. The number of anilines is 1. The number of nitrogens with one attached hydrogen (secondary N) is 2. The summed E-state index contributed by atoms with van der Waals surface area (Å²) in [5, 5.41) is 9.62. The molecule has 128 valence electrons. The lowest BCUT2D eigenvalue weighted by molar-refractivity contribution is -0.00890. The van der Waals surface area contributed by atoms with Crippen LogP contribution in [0.5, 0.6) is 0 Å². The molecule has 3 heterocycles. The van der Waals surface area contributed by atoms with Crippen molar-refractivity contribution in [3.63, 3.8) is 0 Å². The number of amides is 2. The zero-order valence-electron chi connectivity index (χ0n) is 13.6. The lowest BCUT2D eigenvalue weighted by Gasteiger charge is -2.30. The largest absolute Gasteiger partial charge is 0.469 e. The Bertz CT molecular complexity index is 719. The van der Waals surface area contributed by atoms with E-state index in [0.717, 1.165) is 24.2 Å². The first kappa shape index (κ1) is 15.3. The maximum Gasteiger partial charge on any atom is 0.320 e. The van der Waals surface area contributed by atoms with Crippen molar-refractivity contribution in [1.29, 1.82) is 0 Å². The van der Waals surface area contributed by atoms with E-state index < -0.39 is 0 Å². The van der Waals surface area contributed by atoms with Crippen LogP contribution in [0.4, 0.5) is 10.6 Å². The van der Waals surface area contributed by atoms with Crippen LogP contribution in [0.15, 0.2) is 27.3 Å². The molecular weight excluding hydrogens is 310 g/mol. The monoisotopic (exact) mass is 331 g/mol. The number of furan rings is 1. The maximum atomic E-state index is 12.2. The minimum absolute atomic E-state index is 0.145. The Morgan fingerprint density at radius 3 is 2.96 bits per heavy atom. The lowest BCUT2D eigenvalue weighted by atomic mass is 10.0. The molecule has 1 saturated carbocycles. The molecule has 2 amide bonds. The number of carbonyl (C=O) groups is 1. The fourth-order valence-electron chi connectivity index (χ4n) is 3.20. The van der Waals surface area contributed by atoms with Crippen molar-refractivity contribution in [3.05, 3.63) is 24.2 Å². The summed E-state index contributed by atoms with van der Waals surface area (Å²) in [5.41, 5.74) is 0.827. The Kier molecular flexibility index (Phi) is 4.02. The second kappa shape index (κ2) is 6.32. The van der Waals surface area contributed by atoms with Crippen molar-refractivity contribution in [1.82, 2.24) is 10.5 Å². The number of urea groups is 1. The van der Waals surface area contributed by atoms with Crippen LogP contribution in [0.2, 0.25) is 0 Å². The van der Waals surface area contributed by atoms with Crippen molar-refractivity contribution in [2.45, 2.75) is 44.8 Å². The summed E-state index contributed by atoms with van der Waals surface area (Å²) in [6.45, 7) is 2.55. The van der Waals surface area contributed by atoms with Crippen molar-refractivity contribution < 1.29 is 18.5 Å². The Labute approximate surface area is 139 Å². The van der Waals surface area contributed by atoms with Gasteiger partial charge in [0.15, 0.2) is 11.6 Å². The second-order valence-corrected chi connectivity index (χ2v) is 6.53. The molecular formula is C17H21N3O4. The molecule has 1 aliphatic heterocycles. The summed E-state index contributed by atoms with van der Waals surface area (Å²) >= 11 is 0. The number of aromatic nitrogens is 1. The molecule has 1 saturated heterocycles. The van der Waals surface area contributed by atoms with Gasteiger partial charge in [0.2, 0.25) is 0 Å². The Balaban J connectivity index is 1.33. The maximum absolute atomic E-state index is 12.2. The highest BCUT2D eigenvalue weighted by molar-refractivity contribution is 5.88. The molecule has 2 N–H and O–H groups in total. The van der Waals surface area contributed by atoms with E-state index in [1.165, 1.54) is 12.8 Å². The van der Waals surface area contributed by atoms with Crippen LogP contribution >= 0.6 is 0 Å². The van der Waals surface area contributed by atoms with Gasteiger partial charge in [0.05, 0.1) is 17.9 Å². The van der Waals surface area contributed by atoms with Crippen molar-refractivity contribution >= 4 is 11.8 Å². The third-order valence-corrected chi connectivity index (χ3v) is 4.67. The van der Waals surface area contributed by atoms with Crippen molar-refractivity contribution in [3.8, 4) is 11.3 Å². The van der Waals surface area contributed by atoms with Gasteiger partial charge < -0.3 is 19.0 Å². The molecule has 7 heteroatoms. The molecule has 24 heavy (non-hydrogen) atoms. The van der Waals surface area contributed by atoms with E-state index in [0.29, 0.717) is 30.2 Å². The van der Waals surface area contributed by atoms with Crippen LogP contribution < -0.4 is 10.6 Å². The molecule has 2 atom stereocenters. The highest BCUT2D eigenvalue weighted by Gasteiger charge is 2.36. The molecule has 2 aliphatic rings. The zero-order chi connectivity index (χ0) is 16.5. The van der Waals surface area contributed by atoms with Gasteiger partial charge in [0, 0.05) is 18.7 Å². The predicted octanol–water partition coefficient (Wildman–Crippen LogP) is 3.32. The average molecular weight is 331 g/mol. The van der Waals surface area contributed by atoms with E-state index in [-0.39, 0.29) is 12.1 Å². The summed E-state index contributed by atoms with van der Waals surface area (Å²) < 4.78 is 16.3. The number of hydrogen-bond acceptors (Lipinski definition) is 5. The van der Waals surface area contributed by atoms with Gasteiger partial charge in [-0.3, -0.25) is 5.32 Å². The first-order chi connectivity index (χ1) is 11.7. The number of nitrogens with zero attached hydrogens (tertiary/aromatic N) is 1. The second-order valence-electron chi connectivity index (χ2n) is 6.53. The van der Waals surface area contributed by atoms with Gasteiger partial charge in [-0.15, -0.1) is 0 Å². The quantitative estimate of drug-likeness (QED) is 0.897. The highest BCUT2D eigenvalue weighted by atomic mass is 16.5. The molecule has 2 aromatic rings. The number of aryl methyl sites for hydroxylation is 1. The summed E-state index contributed by atoms with van der Waals surface area (Å²) in [6.07, 6.45) is 6.11. The van der Waals surface area contributed by atoms with Crippen LogP contribution in [0.1, 0.15) is 31.4 Å². The van der Waals surface area contributed by atoms with E-state index in [1.807, 2.05) is 6.92 Å². The molecule has 7 nitrogen and oxygen atoms in total. The van der Waals surface area contributed by atoms with Crippen LogP contribution in [-0.2, 0) is 4.74 Å². The van der Waals surface area contributed by atoms with Crippen molar-refractivity contribution in [2.24, 2.45) is 5.92 Å². The van der Waals surface area contributed by atoms with E-state index in [9.17, 15) is 4.79 Å². The Morgan fingerprint density at radius 2 is 2.21 bits per heavy atom. The molecule has 2 aromatic heterocycles. The predicted molar refractivity (Wildman–Crippen MR) is 86.6 cm³/mol. The van der Waals surface area contributed by atoms with Crippen LogP contribution in [0.3, 0.4) is 0 Å². The fourth-order valence-corrected chi connectivity index (χ4v) is 3.20. The average Bonchev–Trinajstić information content (AvgIpc) is 3.18.